The highest BCUT2D eigenvalue weighted by Gasteiger charge is 2.31. The first kappa shape index (κ1) is 14.5. The molecule has 0 aromatic heterocycles. The van der Waals surface area contributed by atoms with Crippen LogP contribution < -0.4 is 5.32 Å². The van der Waals surface area contributed by atoms with Crippen LogP contribution in [0.15, 0.2) is 0 Å². The van der Waals surface area contributed by atoms with Crippen molar-refractivity contribution in [1.82, 2.24) is 5.32 Å². The number of hydrogen-bond acceptors (Lipinski definition) is 2. The van der Waals surface area contributed by atoms with Crippen LogP contribution in [0.1, 0.15) is 52.9 Å². The van der Waals surface area contributed by atoms with Crippen molar-refractivity contribution in [1.29, 1.82) is 0 Å². The summed E-state index contributed by atoms with van der Waals surface area (Å²) >= 11 is 0. The Morgan fingerprint density at radius 2 is 2.00 bits per heavy atom. The Morgan fingerprint density at radius 1 is 1.41 bits per heavy atom. The minimum Gasteiger partial charge on any atom is -0.481 e. The topological polar surface area (TPSA) is 49.3 Å². The van der Waals surface area contributed by atoms with E-state index in [1.165, 1.54) is 25.7 Å². The fraction of sp³-hybridized carbons (Fsp3) is 0.929. The molecule has 1 unspecified atom stereocenters. The Kier molecular flexibility index (Phi) is 5.44. The van der Waals surface area contributed by atoms with E-state index in [1.54, 1.807) is 6.92 Å². The van der Waals surface area contributed by atoms with Crippen molar-refractivity contribution in [2.24, 2.45) is 17.3 Å². The molecule has 1 aliphatic carbocycles. The van der Waals surface area contributed by atoms with Crippen LogP contribution in [0.5, 0.6) is 0 Å². The molecule has 0 amide bonds. The van der Waals surface area contributed by atoms with Crippen molar-refractivity contribution in [3.8, 4) is 0 Å². The van der Waals surface area contributed by atoms with Gasteiger partial charge in [-0.1, -0.05) is 33.6 Å². The van der Waals surface area contributed by atoms with E-state index in [0.29, 0.717) is 5.41 Å². The van der Waals surface area contributed by atoms with Crippen LogP contribution in [0.3, 0.4) is 0 Å². The molecule has 1 atom stereocenters. The summed E-state index contributed by atoms with van der Waals surface area (Å²) in [5, 5.41) is 12.2. The Balaban J connectivity index is 2.18. The van der Waals surface area contributed by atoms with Crippen molar-refractivity contribution in [2.45, 2.75) is 52.9 Å². The summed E-state index contributed by atoms with van der Waals surface area (Å²) in [6.07, 6.45) is 6.20. The van der Waals surface area contributed by atoms with Gasteiger partial charge >= 0.3 is 5.97 Å². The number of carboxylic acids is 1. The van der Waals surface area contributed by atoms with Gasteiger partial charge in [-0.3, -0.25) is 4.79 Å². The third-order valence-corrected chi connectivity index (χ3v) is 4.22. The Labute approximate surface area is 105 Å². The molecule has 0 saturated heterocycles. The molecule has 0 heterocycles. The summed E-state index contributed by atoms with van der Waals surface area (Å²) < 4.78 is 0. The van der Waals surface area contributed by atoms with E-state index in [4.69, 9.17) is 5.11 Å². The highest BCUT2D eigenvalue weighted by Crippen LogP contribution is 2.38. The second-order valence-electron chi connectivity index (χ2n) is 6.17. The molecule has 1 rings (SSSR count). The minimum absolute atomic E-state index is 0.239. The molecule has 3 nitrogen and oxygen atoms in total. The molecular formula is C14H27NO2. The molecule has 1 saturated carbocycles. The molecule has 0 aromatic carbocycles. The molecule has 2 N–H and O–H groups in total. The lowest BCUT2D eigenvalue weighted by Gasteiger charge is -2.32. The molecule has 100 valence electrons. The SMILES string of the molecule is CC(CCNCC(C)(C)C1CCCC1)C(=O)O. The smallest absolute Gasteiger partial charge is 0.306 e. The average Bonchev–Trinajstić information content (AvgIpc) is 2.77. The molecule has 3 heteroatoms. The van der Waals surface area contributed by atoms with E-state index < -0.39 is 5.97 Å². The van der Waals surface area contributed by atoms with Gasteiger partial charge in [0.1, 0.15) is 0 Å². The maximum absolute atomic E-state index is 10.7. The number of aliphatic carboxylic acids is 1. The van der Waals surface area contributed by atoms with Gasteiger partial charge in [0.25, 0.3) is 0 Å². The first-order valence-electron chi connectivity index (χ1n) is 6.87. The lowest BCUT2D eigenvalue weighted by Crippen LogP contribution is -2.35. The summed E-state index contributed by atoms with van der Waals surface area (Å²) in [5.41, 5.74) is 0.350. The van der Waals surface area contributed by atoms with Gasteiger partial charge in [-0.05, 0) is 37.1 Å². The van der Waals surface area contributed by atoms with Gasteiger partial charge in [0, 0.05) is 6.54 Å². The normalized spacial score (nSPS) is 19.5. The summed E-state index contributed by atoms with van der Waals surface area (Å²) in [6, 6.07) is 0. The third kappa shape index (κ3) is 4.66. The number of carbonyl (C=O) groups is 1. The zero-order chi connectivity index (χ0) is 12.9. The van der Waals surface area contributed by atoms with Crippen LogP contribution in [-0.2, 0) is 4.79 Å². The summed E-state index contributed by atoms with van der Waals surface area (Å²) in [4.78, 5) is 10.7. The Bertz CT molecular complexity index is 245. The van der Waals surface area contributed by atoms with E-state index in [1.807, 2.05) is 0 Å². The molecule has 0 radical (unpaired) electrons. The van der Waals surface area contributed by atoms with E-state index in [2.05, 4.69) is 19.2 Å². The minimum atomic E-state index is -0.693. The van der Waals surface area contributed by atoms with Gasteiger partial charge in [0.05, 0.1) is 5.92 Å². The van der Waals surface area contributed by atoms with Crippen LogP contribution in [-0.4, -0.2) is 24.2 Å². The van der Waals surface area contributed by atoms with E-state index in [0.717, 1.165) is 25.4 Å². The van der Waals surface area contributed by atoms with Gasteiger partial charge in [-0.2, -0.15) is 0 Å². The van der Waals surface area contributed by atoms with Crippen LogP contribution in [0.25, 0.3) is 0 Å². The first-order valence-corrected chi connectivity index (χ1v) is 6.87. The van der Waals surface area contributed by atoms with E-state index in [9.17, 15) is 4.79 Å². The van der Waals surface area contributed by atoms with Gasteiger partial charge in [0.2, 0.25) is 0 Å². The van der Waals surface area contributed by atoms with Gasteiger partial charge in [-0.25, -0.2) is 0 Å². The zero-order valence-electron chi connectivity index (χ0n) is 11.5. The van der Waals surface area contributed by atoms with Crippen LogP contribution in [0.4, 0.5) is 0 Å². The fourth-order valence-electron chi connectivity index (χ4n) is 2.70. The number of carboxylic acid groups (broad SMARTS) is 1. The lowest BCUT2D eigenvalue weighted by molar-refractivity contribution is -0.141. The second-order valence-corrected chi connectivity index (χ2v) is 6.17. The molecule has 0 spiro atoms. The number of nitrogens with one attached hydrogen (secondary N) is 1. The largest absolute Gasteiger partial charge is 0.481 e. The van der Waals surface area contributed by atoms with Crippen LogP contribution in [0, 0.1) is 17.3 Å². The van der Waals surface area contributed by atoms with Crippen molar-refractivity contribution < 1.29 is 9.90 Å². The van der Waals surface area contributed by atoms with E-state index in [-0.39, 0.29) is 5.92 Å². The van der Waals surface area contributed by atoms with Gasteiger partial charge < -0.3 is 10.4 Å². The highest BCUT2D eigenvalue weighted by molar-refractivity contribution is 5.69. The predicted molar refractivity (Wildman–Crippen MR) is 70.0 cm³/mol. The monoisotopic (exact) mass is 241 g/mol. The summed E-state index contributed by atoms with van der Waals surface area (Å²) in [6.45, 7) is 8.24. The van der Waals surface area contributed by atoms with Gasteiger partial charge in [0.15, 0.2) is 0 Å². The van der Waals surface area contributed by atoms with Crippen molar-refractivity contribution in [2.75, 3.05) is 13.1 Å². The molecule has 1 aliphatic rings. The maximum atomic E-state index is 10.7. The summed E-state index contributed by atoms with van der Waals surface area (Å²) in [7, 11) is 0. The van der Waals surface area contributed by atoms with Crippen molar-refractivity contribution >= 4 is 5.97 Å². The molecular weight excluding hydrogens is 214 g/mol. The summed E-state index contributed by atoms with van der Waals surface area (Å²) in [5.74, 6) is -0.0918. The maximum Gasteiger partial charge on any atom is 0.306 e. The molecule has 17 heavy (non-hydrogen) atoms. The van der Waals surface area contributed by atoms with E-state index >= 15 is 0 Å². The first-order chi connectivity index (χ1) is 7.93. The van der Waals surface area contributed by atoms with Crippen LogP contribution >= 0.6 is 0 Å². The molecule has 0 bridgehead atoms. The van der Waals surface area contributed by atoms with Crippen molar-refractivity contribution in [3.63, 3.8) is 0 Å². The Morgan fingerprint density at radius 3 is 2.53 bits per heavy atom. The molecule has 0 aromatic rings. The van der Waals surface area contributed by atoms with Crippen LogP contribution in [0.2, 0.25) is 0 Å². The highest BCUT2D eigenvalue weighted by atomic mass is 16.4. The Hall–Kier alpha value is -0.570. The zero-order valence-corrected chi connectivity index (χ0v) is 11.5. The number of rotatable bonds is 7. The lowest BCUT2D eigenvalue weighted by atomic mass is 9.77. The van der Waals surface area contributed by atoms with Crippen molar-refractivity contribution in [3.05, 3.63) is 0 Å². The fourth-order valence-corrected chi connectivity index (χ4v) is 2.70. The standard InChI is InChI=1S/C14H27NO2/c1-11(13(16)17)8-9-15-10-14(2,3)12-6-4-5-7-12/h11-12,15H,4-10H2,1-3H3,(H,16,17). The molecule has 1 fully saturated rings. The van der Waals surface area contributed by atoms with Gasteiger partial charge in [-0.15, -0.1) is 0 Å². The quantitative estimate of drug-likeness (QED) is 0.674. The molecule has 0 aliphatic heterocycles. The third-order valence-electron chi connectivity index (χ3n) is 4.22. The second kappa shape index (κ2) is 6.39. The average molecular weight is 241 g/mol. The number of hydrogen-bond donors (Lipinski definition) is 2. The predicted octanol–water partition coefficient (Wildman–Crippen LogP) is 2.90.